The van der Waals surface area contributed by atoms with E-state index in [0.29, 0.717) is 47.4 Å². The van der Waals surface area contributed by atoms with Gasteiger partial charge in [0.1, 0.15) is 11.5 Å². The highest BCUT2D eigenvalue weighted by atomic mass is 16.5. The first-order valence-corrected chi connectivity index (χ1v) is 9.03. The number of hydrogen-bond acceptors (Lipinski definition) is 9. The molecule has 1 aliphatic rings. The lowest BCUT2D eigenvalue weighted by atomic mass is 10.1. The molecule has 152 valence electrons. The first kappa shape index (κ1) is 18.8. The van der Waals surface area contributed by atoms with Gasteiger partial charge in [0, 0.05) is 13.1 Å². The third-order valence-corrected chi connectivity index (χ3v) is 4.63. The highest BCUT2D eigenvalue weighted by Crippen LogP contribution is 2.33. The molecule has 0 saturated heterocycles. The van der Waals surface area contributed by atoms with Crippen molar-refractivity contribution in [2.45, 2.75) is 19.6 Å². The smallest absolute Gasteiger partial charge is 0.270 e. The second kappa shape index (κ2) is 7.11. The van der Waals surface area contributed by atoms with Crippen LogP contribution in [0.3, 0.4) is 0 Å². The molecule has 3 aromatic rings. The number of anilines is 5. The summed E-state index contributed by atoms with van der Waals surface area (Å²) in [5.74, 6) is 6.24. The number of ether oxygens (including phenoxy) is 1. The highest BCUT2D eigenvalue weighted by Gasteiger charge is 2.19. The van der Waals surface area contributed by atoms with E-state index in [1.54, 1.807) is 17.6 Å². The Hall–Kier alpha value is -3.57. The van der Waals surface area contributed by atoms with Crippen LogP contribution in [0.15, 0.2) is 24.5 Å². The molecule has 3 heterocycles. The molecule has 11 heteroatoms. The first-order chi connectivity index (χ1) is 13.8. The lowest BCUT2D eigenvalue weighted by Gasteiger charge is -2.21. The molecule has 1 amide bonds. The molecule has 29 heavy (non-hydrogen) atoms. The molecular formula is C18H23N9O2. The Kier molecular flexibility index (Phi) is 4.60. The number of benzene rings is 1. The van der Waals surface area contributed by atoms with Crippen LogP contribution >= 0.6 is 0 Å². The fraction of sp³-hybridized carbons (Fsp3) is 0.278. The molecule has 1 aliphatic heterocycles. The van der Waals surface area contributed by atoms with Gasteiger partial charge in [0.15, 0.2) is 11.5 Å². The van der Waals surface area contributed by atoms with Crippen LogP contribution < -0.4 is 33.0 Å². The molecule has 4 rings (SSSR count). The summed E-state index contributed by atoms with van der Waals surface area (Å²) >= 11 is 0. The standard InChI is InChI=1S/C18H23N9O2/c1-9-7-29-8-10-3-11(15(19)12(4-10)26(2)21)24-14-6-27-13(18(28)23-9)5-22-17(27)16(20)25-14/h3-6,9,24H,7-8,19,21H2,1-2H3,(H2,20,25)(H,23,28). The molecule has 4 bridgehead atoms. The van der Waals surface area contributed by atoms with Crippen molar-refractivity contribution in [3.8, 4) is 0 Å². The predicted octanol–water partition coefficient (Wildman–Crippen LogP) is 0.596. The van der Waals surface area contributed by atoms with Crippen LogP contribution in [0, 0.1) is 0 Å². The van der Waals surface area contributed by atoms with Crippen LogP contribution in [-0.4, -0.2) is 40.0 Å². The van der Waals surface area contributed by atoms with E-state index in [9.17, 15) is 4.79 Å². The largest absolute Gasteiger partial charge is 0.395 e. The van der Waals surface area contributed by atoms with Gasteiger partial charge in [0.25, 0.3) is 5.91 Å². The van der Waals surface area contributed by atoms with Crippen molar-refractivity contribution in [1.29, 1.82) is 0 Å². The molecule has 0 radical (unpaired) electrons. The van der Waals surface area contributed by atoms with E-state index in [-0.39, 0.29) is 17.8 Å². The SMILES string of the molecule is CC1COCc2cc(c(N)c(N(C)N)c2)Nc2cn3c(cnc3c(N)n2)C(=O)N1. The monoisotopic (exact) mass is 397 g/mol. The lowest BCUT2D eigenvalue weighted by Crippen LogP contribution is -2.36. The zero-order valence-electron chi connectivity index (χ0n) is 16.1. The molecule has 2 aromatic heterocycles. The normalized spacial score (nSPS) is 16.9. The Morgan fingerprint density at radius 3 is 2.90 bits per heavy atom. The second-order valence-corrected chi connectivity index (χ2v) is 7.05. The van der Waals surface area contributed by atoms with Crippen LogP contribution in [0.25, 0.3) is 5.65 Å². The van der Waals surface area contributed by atoms with Crippen LogP contribution in [0.4, 0.5) is 28.7 Å². The average Bonchev–Trinajstić information content (AvgIpc) is 3.08. The molecule has 1 atom stereocenters. The number of hydrogen-bond donors (Lipinski definition) is 5. The molecular weight excluding hydrogens is 374 g/mol. The number of carbonyl (C=O) groups excluding carboxylic acids is 1. The van der Waals surface area contributed by atoms with Crippen molar-refractivity contribution in [2.24, 2.45) is 5.84 Å². The van der Waals surface area contributed by atoms with Gasteiger partial charge in [-0.15, -0.1) is 0 Å². The van der Waals surface area contributed by atoms with Crippen LogP contribution in [0.5, 0.6) is 0 Å². The van der Waals surface area contributed by atoms with E-state index in [1.165, 1.54) is 11.2 Å². The number of nitrogens with zero attached hydrogens (tertiary/aromatic N) is 4. The Bertz CT molecular complexity index is 1090. The van der Waals surface area contributed by atoms with Gasteiger partial charge in [-0.3, -0.25) is 9.20 Å². The average molecular weight is 397 g/mol. The summed E-state index contributed by atoms with van der Waals surface area (Å²) in [7, 11) is 1.70. The quantitative estimate of drug-likeness (QED) is 0.225. The van der Waals surface area contributed by atoms with Crippen molar-refractivity contribution >= 4 is 40.3 Å². The van der Waals surface area contributed by atoms with E-state index in [4.69, 9.17) is 22.0 Å². The summed E-state index contributed by atoms with van der Waals surface area (Å²) in [6, 6.07) is 3.51. The van der Waals surface area contributed by atoms with Crippen LogP contribution in [0.2, 0.25) is 0 Å². The first-order valence-electron chi connectivity index (χ1n) is 9.03. The Balaban J connectivity index is 1.89. The Morgan fingerprint density at radius 2 is 2.14 bits per heavy atom. The fourth-order valence-corrected chi connectivity index (χ4v) is 3.25. The summed E-state index contributed by atoms with van der Waals surface area (Å²) in [6.45, 7) is 2.52. The number of imidazole rings is 1. The van der Waals surface area contributed by atoms with Crippen molar-refractivity contribution in [3.05, 3.63) is 35.8 Å². The van der Waals surface area contributed by atoms with Gasteiger partial charge >= 0.3 is 0 Å². The topological polar surface area (TPSA) is 162 Å². The van der Waals surface area contributed by atoms with E-state index < -0.39 is 0 Å². The number of nitrogens with one attached hydrogen (secondary N) is 2. The van der Waals surface area contributed by atoms with Crippen LogP contribution in [-0.2, 0) is 11.3 Å². The molecule has 1 aromatic carbocycles. The van der Waals surface area contributed by atoms with Gasteiger partial charge in [0.2, 0.25) is 0 Å². The van der Waals surface area contributed by atoms with Crippen molar-refractivity contribution in [1.82, 2.24) is 19.7 Å². The minimum absolute atomic E-state index is 0.184. The number of rotatable bonds is 1. The summed E-state index contributed by atoms with van der Waals surface area (Å²) < 4.78 is 7.37. The van der Waals surface area contributed by atoms with Gasteiger partial charge in [-0.1, -0.05) is 0 Å². The predicted molar refractivity (Wildman–Crippen MR) is 111 cm³/mol. The summed E-state index contributed by atoms with van der Waals surface area (Å²) in [5.41, 5.74) is 15.6. The van der Waals surface area contributed by atoms with Crippen molar-refractivity contribution in [3.63, 3.8) is 0 Å². The van der Waals surface area contributed by atoms with Gasteiger partial charge in [-0.2, -0.15) is 0 Å². The minimum Gasteiger partial charge on any atom is -0.395 e. The number of nitrogens with two attached hydrogens (primary N) is 3. The molecule has 0 aliphatic carbocycles. The molecule has 0 saturated carbocycles. The second-order valence-electron chi connectivity index (χ2n) is 7.05. The number of carbonyl (C=O) groups is 1. The molecule has 1 unspecified atom stereocenters. The summed E-state index contributed by atoms with van der Waals surface area (Å²) in [5, 5.41) is 7.50. The zero-order valence-corrected chi connectivity index (χ0v) is 16.1. The van der Waals surface area contributed by atoms with Crippen molar-refractivity contribution in [2.75, 3.05) is 35.4 Å². The molecule has 11 nitrogen and oxygen atoms in total. The number of nitrogen functional groups attached to an aromatic ring is 2. The van der Waals surface area contributed by atoms with Crippen LogP contribution in [0.1, 0.15) is 23.0 Å². The third kappa shape index (κ3) is 3.48. The number of aromatic nitrogens is 3. The summed E-state index contributed by atoms with van der Waals surface area (Å²) in [4.78, 5) is 21.2. The third-order valence-electron chi connectivity index (χ3n) is 4.63. The Labute approximate surface area is 166 Å². The van der Waals surface area contributed by atoms with Gasteiger partial charge in [0.05, 0.1) is 42.7 Å². The van der Waals surface area contributed by atoms with Crippen molar-refractivity contribution < 1.29 is 9.53 Å². The molecule has 0 fully saturated rings. The molecule has 8 N–H and O–H groups in total. The Morgan fingerprint density at radius 1 is 1.34 bits per heavy atom. The van der Waals surface area contributed by atoms with E-state index in [1.807, 2.05) is 19.1 Å². The van der Waals surface area contributed by atoms with Gasteiger partial charge < -0.3 is 31.8 Å². The van der Waals surface area contributed by atoms with E-state index in [0.717, 1.165) is 5.56 Å². The zero-order chi connectivity index (χ0) is 20.7. The number of amides is 1. The van der Waals surface area contributed by atoms with E-state index >= 15 is 0 Å². The number of fused-ring (bicyclic) bond motifs is 3. The minimum atomic E-state index is -0.285. The number of hydrazine groups is 1. The lowest BCUT2D eigenvalue weighted by molar-refractivity contribution is 0.0816. The maximum atomic E-state index is 12.7. The maximum absolute atomic E-state index is 12.7. The van der Waals surface area contributed by atoms with E-state index in [2.05, 4.69) is 20.6 Å². The van der Waals surface area contributed by atoms with Gasteiger partial charge in [-0.25, -0.2) is 15.8 Å². The molecule has 0 spiro atoms. The fourth-order valence-electron chi connectivity index (χ4n) is 3.25. The maximum Gasteiger partial charge on any atom is 0.270 e. The highest BCUT2D eigenvalue weighted by molar-refractivity contribution is 5.94. The van der Waals surface area contributed by atoms with Gasteiger partial charge in [-0.05, 0) is 24.6 Å². The summed E-state index contributed by atoms with van der Waals surface area (Å²) in [6.07, 6.45) is 3.11.